The van der Waals surface area contributed by atoms with Crippen LogP contribution in [-0.4, -0.2) is 20.8 Å². The Morgan fingerprint density at radius 3 is 2.64 bits per heavy atom. The van der Waals surface area contributed by atoms with Gasteiger partial charge in [-0.15, -0.1) is 6.58 Å². The molecule has 0 aliphatic carbocycles. The molecule has 0 fully saturated rings. The maximum absolute atomic E-state index is 4.85. The van der Waals surface area contributed by atoms with Crippen LogP contribution in [0.25, 0.3) is 21.9 Å². The molecule has 0 saturated heterocycles. The van der Waals surface area contributed by atoms with Gasteiger partial charge < -0.3 is 5.32 Å². The first kappa shape index (κ1) is 14.6. The molecular weight excluding hydrogens is 272 g/mol. The van der Waals surface area contributed by atoms with E-state index in [2.05, 4.69) is 49.9 Å². The molecule has 1 aromatic carbocycles. The molecule has 3 rings (SSSR count). The summed E-state index contributed by atoms with van der Waals surface area (Å²) in [5, 5.41) is 10.4. The molecule has 0 aliphatic rings. The molecule has 114 valence electrons. The molecule has 0 spiro atoms. The van der Waals surface area contributed by atoms with Gasteiger partial charge in [0.2, 0.25) is 0 Å². The molecule has 0 aliphatic heterocycles. The highest BCUT2D eigenvalue weighted by molar-refractivity contribution is 6.09. The molecule has 2 heterocycles. The van der Waals surface area contributed by atoms with Crippen LogP contribution in [0.2, 0.25) is 0 Å². The van der Waals surface area contributed by atoms with Crippen LogP contribution in [0.1, 0.15) is 23.7 Å². The Morgan fingerprint density at radius 2 is 1.95 bits per heavy atom. The molecule has 0 bridgehead atoms. The number of aromatic nitrogens is 3. The van der Waals surface area contributed by atoms with Crippen molar-refractivity contribution in [2.24, 2.45) is 7.05 Å². The smallest absolute Gasteiger partial charge is 0.160 e. The highest BCUT2D eigenvalue weighted by atomic mass is 15.3. The van der Waals surface area contributed by atoms with E-state index in [-0.39, 0.29) is 6.04 Å². The first-order valence-electron chi connectivity index (χ1n) is 7.55. The Balaban J connectivity index is 2.49. The van der Waals surface area contributed by atoms with Gasteiger partial charge in [0.05, 0.1) is 22.3 Å². The Bertz CT molecular complexity index is 889. The van der Waals surface area contributed by atoms with Crippen LogP contribution >= 0.6 is 0 Å². The van der Waals surface area contributed by atoms with Gasteiger partial charge in [-0.05, 0) is 44.9 Å². The van der Waals surface area contributed by atoms with Gasteiger partial charge in [-0.25, -0.2) is 4.98 Å². The SMILES string of the molecule is C=CC(C)Nc1c2c(C)cc(C)cc2nc2c1c(C)nn2C. The van der Waals surface area contributed by atoms with E-state index in [4.69, 9.17) is 4.98 Å². The van der Waals surface area contributed by atoms with Crippen LogP contribution in [0, 0.1) is 20.8 Å². The lowest BCUT2D eigenvalue weighted by Crippen LogP contribution is -2.12. The summed E-state index contributed by atoms with van der Waals surface area (Å²) in [7, 11) is 1.94. The third-order valence-corrected chi connectivity index (χ3v) is 4.10. The fraction of sp³-hybridized carbons (Fsp3) is 0.333. The van der Waals surface area contributed by atoms with Gasteiger partial charge in [0.1, 0.15) is 0 Å². The van der Waals surface area contributed by atoms with Gasteiger partial charge in [-0.2, -0.15) is 5.10 Å². The van der Waals surface area contributed by atoms with Crippen molar-refractivity contribution in [3.8, 4) is 0 Å². The summed E-state index contributed by atoms with van der Waals surface area (Å²) in [4.78, 5) is 4.85. The van der Waals surface area contributed by atoms with Crippen molar-refractivity contribution in [2.75, 3.05) is 5.32 Å². The standard InChI is InChI=1S/C18H22N4/c1-7-12(4)19-17-15-11(3)8-10(2)9-14(15)20-18-16(17)13(5)21-22(18)6/h7-9,12H,1H2,2-6H3,(H,19,20). The van der Waals surface area contributed by atoms with Crippen molar-refractivity contribution >= 4 is 27.6 Å². The first-order valence-corrected chi connectivity index (χ1v) is 7.55. The average Bonchev–Trinajstić information content (AvgIpc) is 2.72. The number of nitrogens with one attached hydrogen (secondary N) is 1. The van der Waals surface area contributed by atoms with Crippen LogP contribution in [-0.2, 0) is 7.05 Å². The molecule has 4 heteroatoms. The number of aryl methyl sites for hydroxylation is 4. The zero-order chi connectivity index (χ0) is 16.0. The molecule has 2 aromatic heterocycles. The van der Waals surface area contributed by atoms with Crippen LogP contribution in [0.5, 0.6) is 0 Å². The Morgan fingerprint density at radius 1 is 1.23 bits per heavy atom. The quantitative estimate of drug-likeness (QED) is 0.742. The lowest BCUT2D eigenvalue weighted by Gasteiger charge is -2.17. The van der Waals surface area contributed by atoms with Gasteiger partial charge in [-0.3, -0.25) is 4.68 Å². The van der Waals surface area contributed by atoms with E-state index in [1.165, 1.54) is 16.5 Å². The summed E-state index contributed by atoms with van der Waals surface area (Å²) in [6, 6.07) is 4.51. The van der Waals surface area contributed by atoms with Crippen molar-refractivity contribution in [3.05, 3.63) is 41.6 Å². The average molecular weight is 294 g/mol. The lowest BCUT2D eigenvalue weighted by atomic mass is 10.0. The molecule has 1 N–H and O–H groups in total. The van der Waals surface area contributed by atoms with Gasteiger partial charge >= 0.3 is 0 Å². The lowest BCUT2D eigenvalue weighted by molar-refractivity contribution is 0.775. The number of fused-ring (bicyclic) bond motifs is 2. The molecule has 0 radical (unpaired) electrons. The molecule has 0 amide bonds. The maximum Gasteiger partial charge on any atom is 0.160 e. The minimum atomic E-state index is 0.175. The minimum Gasteiger partial charge on any atom is -0.378 e. The third-order valence-electron chi connectivity index (χ3n) is 4.10. The molecule has 0 saturated carbocycles. The Labute approximate surface area is 130 Å². The fourth-order valence-electron chi connectivity index (χ4n) is 3.10. The highest BCUT2D eigenvalue weighted by Crippen LogP contribution is 2.35. The van der Waals surface area contributed by atoms with Crippen LogP contribution in [0.4, 0.5) is 5.69 Å². The summed E-state index contributed by atoms with van der Waals surface area (Å²) < 4.78 is 1.85. The van der Waals surface area contributed by atoms with Crippen LogP contribution in [0.15, 0.2) is 24.8 Å². The van der Waals surface area contributed by atoms with E-state index in [0.29, 0.717) is 0 Å². The van der Waals surface area contributed by atoms with E-state index in [1.54, 1.807) is 0 Å². The monoisotopic (exact) mass is 294 g/mol. The number of nitrogens with zero attached hydrogens (tertiary/aromatic N) is 3. The van der Waals surface area contributed by atoms with Gasteiger partial charge in [-0.1, -0.05) is 12.1 Å². The molecular formula is C18H22N4. The van der Waals surface area contributed by atoms with Gasteiger partial charge in [0.15, 0.2) is 5.65 Å². The van der Waals surface area contributed by atoms with Crippen molar-refractivity contribution in [2.45, 2.75) is 33.7 Å². The van der Waals surface area contributed by atoms with Gasteiger partial charge in [0, 0.05) is 18.5 Å². The van der Waals surface area contributed by atoms with E-state index in [9.17, 15) is 0 Å². The summed E-state index contributed by atoms with van der Waals surface area (Å²) >= 11 is 0. The van der Waals surface area contributed by atoms with Gasteiger partial charge in [0.25, 0.3) is 0 Å². The minimum absolute atomic E-state index is 0.175. The summed E-state index contributed by atoms with van der Waals surface area (Å²) in [5.41, 5.74) is 6.46. The molecule has 4 nitrogen and oxygen atoms in total. The zero-order valence-electron chi connectivity index (χ0n) is 13.9. The van der Waals surface area contributed by atoms with Crippen molar-refractivity contribution in [3.63, 3.8) is 0 Å². The van der Waals surface area contributed by atoms with Crippen molar-refractivity contribution in [1.82, 2.24) is 14.8 Å². The predicted molar refractivity (Wildman–Crippen MR) is 93.5 cm³/mol. The Kier molecular flexibility index (Phi) is 3.39. The Hall–Kier alpha value is -2.36. The molecule has 22 heavy (non-hydrogen) atoms. The summed E-state index contributed by atoms with van der Waals surface area (Å²) in [6.07, 6.45) is 1.91. The number of pyridine rings is 1. The second kappa shape index (κ2) is 5.13. The zero-order valence-corrected chi connectivity index (χ0v) is 13.9. The van der Waals surface area contributed by atoms with Crippen molar-refractivity contribution in [1.29, 1.82) is 0 Å². The summed E-state index contributed by atoms with van der Waals surface area (Å²) in [5.74, 6) is 0. The van der Waals surface area contributed by atoms with E-state index < -0.39 is 0 Å². The largest absolute Gasteiger partial charge is 0.378 e. The van der Waals surface area contributed by atoms with E-state index in [0.717, 1.165) is 27.9 Å². The highest BCUT2D eigenvalue weighted by Gasteiger charge is 2.18. The maximum atomic E-state index is 4.85. The second-order valence-corrected chi connectivity index (χ2v) is 6.04. The van der Waals surface area contributed by atoms with Crippen LogP contribution < -0.4 is 5.32 Å². The van der Waals surface area contributed by atoms with E-state index in [1.807, 2.05) is 24.7 Å². The third kappa shape index (κ3) is 2.15. The molecule has 3 aromatic rings. The van der Waals surface area contributed by atoms with E-state index >= 15 is 0 Å². The molecule has 1 unspecified atom stereocenters. The predicted octanol–water partition coefficient (Wildman–Crippen LogP) is 4.03. The number of hydrogen-bond acceptors (Lipinski definition) is 3. The number of benzene rings is 1. The van der Waals surface area contributed by atoms with Crippen molar-refractivity contribution < 1.29 is 0 Å². The fourth-order valence-corrected chi connectivity index (χ4v) is 3.10. The first-order chi connectivity index (χ1) is 10.4. The number of anilines is 1. The normalized spacial score (nSPS) is 12.8. The number of rotatable bonds is 3. The summed E-state index contributed by atoms with van der Waals surface area (Å²) in [6.45, 7) is 12.3. The topological polar surface area (TPSA) is 42.7 Å². The van der Waals surface area contributed by atoms with Crippen LogP contribution in [0.3, 0.4) is 0 Å². The second-order valence-electron chi connectivity index (χ2n) is 6.04. The number of hydrogen-bond donors (Lipinski definition) is 1. The molecule has 1 atom stereocenters.